The van der Waals surface area contributed by atoms with E-state index in [1.165, 1.54) is 89.9 Å². The lowest BCUT2D eigenvalue weighted by Gasteiger charge is -2.39. The van der Waals surface area contributed by atoms with Gasteiger partial charge in [-0.15, -0.1) is 0 Å². The summed E-state index contributed by atoms with van der Waals surface area (Å²) >= 11 is 0. The monoisotopic (exact) mass is 393 g/mol. The molecule has 3 nitrogen and oxygen atoms in total. The van der Waals surface area contributed by atoms with Gasteiger partial charge in [-0.05, 0) is 39.0 Å². The first-order valence-electron chi connectivity index (χ1n) is 12.3. The number of aliphatic hydroxyl groups excluding tert-OH is 1. The Hall–Kier alpha value is -0.800. The molecule has 164 valence electrons. The highest BCUT2D eigenvalue weighted by Gasteiger charge is 2.40. The SMILES string of the molecule is CCCCCCC/C=C/CCCCCCCCCC1NC=C[N+]1(CC)C(C)O. The molecular formula is C25H49N2O+. The maximum atomic E-state index is 10.2. The van der Waals surface area contributed by atoms with E-state index >= 15 is 0 Å². The second-order valence-corrected chi connectivity index (χ2v) is 8.67. The van der Waals surface area contributed by atoms with Crippen molar-refractivity contribution in [2.45, 2.75) is 129 Å². The van der Waals surface area contributed by atoms with Crippen LogP contribution in [0.5, 0.6) is 0 Å². The minimum atomic E-state index is -0.337. The third kappa shape index (κ3) is 9.60. The zero-order valence-electron chi connectivity index (χ0n) is 19.2. The van der Waals surface area contributed by atoms with Gasteiger partial charge in [0, 0.05) is 13.3 Å². The number of nitrogens with zero attached hydrogens (tertiary/aromatic N) is 1. The van der Waals surface area contributed by atoms with Gasteiger partial charge in [0.1, 0.15) is 6.20 Å². The van der Waals surface area contributed by atoms with Crippen LogP contribution in [-0.4, -0.2) is 28.5 Å². The average Bonchev–Trinajstić information content (AvgIpc) is 3.12. The van der Waals surface area contributed by atoms with Gasteiger partial charge in [0.2, 0.25) is 0 Å². The standard InChI is InChI=1S/C25H49N2O/c1-4-6-7-8-9-10-11-12-13-14-15-16-17-18-19-20-21-25-26-22-23-27(25,5-2)24(3)28/h11-12,22-26,28H,4-10,13-21H2,1-3H3/q+1/b12-11+. The summed E-state index contributed by atoms with van der Waals surface area (Å²) in [5.74, 6) is 0. The molecule has 0 aromatic carbocycles. The van der Waals surface area contributed by atoms with Gasteiger partial charge in [0.25, 0.3) is 0 Å². The smallest absolute Gasteiger partial charge is 0.193 e. The van der Waals surface area contributed by atoms with E-state index in [2.05, 4.69) is 37.5 Å². The van der Waals surface area contributed by atoms with Crippen molar-refractivity contribution < 1.29 is 9.59 Å². The lowest BCUT2D eigenvalue weighted by atomic mass is 10.1. The molecule has 3 atom stereocenters. The van der Waals surface area contributed by atoms with Crippen molar-refractivity contribution in [2.24, 2.45) is 0 Å². The van der Waals surface area contributed by atoms with Crippen molar-refractivity contribution in [3.05, 3.63) is 24.6 Å². The molecule has 2 N–H and O–H groups in total. The molecule has 0 aliphatic carbocycles. The van der Waals surface area contributed by atoms with Gasteiger partial charge >= 0.3 is 0 Å². The van der Waals surface area contributed by atoms with Gasteiger partial charge in [-0.3, -0.25) is 4.48 Å². The molecule has 1 aliphatic rings. The maximum Gasteiger partial charge on any atom is 0.193 e. The normalized spacial score (nSPS) is 22.8. The van der Waals surface area contributed by atoms with Crippen LogP contribution in [0, 0.1) is 0 Å². The number of rotatable bonds is 18. The third-order valence-corrected chi connectivity index (χ3v) is 6.45. The predicted molar refractivity (Wildman–Crippen MR) is 123 cm³/mol. The lowest BCUT2D eigenvalue weighted by molar-refractivity contribution is -0.942. The summed E-state index contributed by atoms with van der Waals surface area (Å²) in [6.45, 7) is 7.30. The van der Waals surface area contributed by atoms with Crippen molar-refractivity contribution in [2.75, 3.05) is 6.54 Å². The molecule has 0 bridgehead atoms. The van der Waals surface area contributed by atoms with E-state index in [0.29, 0.717) is 10.6 Å². The first kappa shape index (κ1) is 25.2. The number of hydrogen-bond donors (Lipinski definition) is 2. The molecule has 0 saturated carbocycles. The summed E-state index contributed by atoms with van der Waals surface area (Å²) in [5.41, 5.74) is 0. The summed E-state index contributed by atoms with van der Waals surface area (Å²) in [4.78, 5) is 0. The van der Waals surface area contributed by atoms with Gasteiger partial charge in [-0.2, -0.15) is 0 Å². The number of allylic oxidation sites excluding steroid dienone is 2. The van der Waals surface area contributed by atoms with Crippen LogP contribution < -0.4 is 5.32 Å². The fraction of sp³-hybridized carbons (Fsp3) is 0.840. The summed E-state index contributed by atoms with van der Waals surface area (Å²) in [6.07, 6.45) is 29.1. The Bertz CT molecular complexity index is 419. The fourth-order valence-corrected chi connectivity index (χ4v) is 4.42. The lowest BCUT2D eigenvalue weighted by Crippen LogP contribution is -2.57. The third-order valence-electron chi connectivity index (χ3n) is 6.45. The second kappa shape index (κ2) is 16.0. The topological polar surface area (TPSA) is 32.3 Å². The number of unbranched alkanes of at least 4 members (excludes halogenated alkanes) is 12. The van der Waals surface area contributed by atoms with Crippen molar-refractivity contribution in [3.63, 3.8) is 0 Å². The van der Waals surface area contributed by atoms with Gasteiger partial charge in [0.05, 0.1) is 12.7 Å². The van der Waals surface area contributed by atoms with Crippen molar-refractivity contribution in [1.29, 1.82) is 0 Å². The Morgan fingerprint density at radius 3 is 1.93 bits per heavy atom. The molecule has 0 saturated heterocycles. The van der Waals surface area contributed by atoms with Crippen LogP contribution in [0.2, 0.25) is 0 Å². The van der Waals surface area contributed by atoms with Crippen LogP contribution in [0.15, 0.2) is 24.6 Å². The molecule has 1 heterocycles. The molecular weight excluding hydrogens is 344 g/mol. The molecule has 1 aliphatic heterocycles. The highest BCUT2D eigenvalue weighted by Crippen LogP contribution is 2.25. The van der Waals surface area contributed by atoms with Crippen LogP contribution in [0.25, 0.3) is 0 Å². The van der Waals surface area contributed by atoms with Crippen molar-refractivity contribution in [3.8, 4) is 0 Å². The van der Waals surface area contributed by atoms with Crippen molar-refractivity contribution in [1.82, 2.24) is 5.32 Å². The summed E-state index contributed by atoms with van der Waals surface area (Å²) in [6, 6.07) is 0. The molecule has 0 aromatic rings. The minimum absolute atomic E-state index is 0.337. The zero-order valence-corrected chi connectivity index (χ0v) is 19.2. The molecule has 0 radical (unpaired) electrons. The van der Waals surface area contributed by atoms with Gasteiger partial charge in [0.15, 0.2) is 12.4 Å². The van der Waals surface area contributed by atoms with E-state index in [1.807, 2.05) is 13.1 Å². The average molecular weight is 394 g/mol. The highest BCUT2D eigenvalue weighted by atomic mass is 16.3. The van der Waals surface area contributed by atoms with E-state index in [-0.39, 0.29) is 6.23 Å². The molecule has 3 heteroatoms. The van der Waals surface area contributed by atoms with Crippen LogP contribution >= 0.6 is 0 Å². The second-order valence-electron chi connectivity index (χ2n) is 8.67. The summed E-state index contributed by atoms with van der Waals surface area (Å²) < 4.78 is 0.673. The van der Waals surface area contributed by atoms with Crippen LogP contribution in [0.3, 0.4) is 0 Å². The molecule has 0 spiro atoms. The first-order chi connectivity index (χ1) is 13.7. The summed E-state index contributed by atoms with van der Waals surface area (Å²) in [7, 11) is 0. The Balaban J connectivity index is 1.91. The molecule has 28 heavy (non-hydrogen) atoms. The Kier molecular flexibility index (Phi) is 14.5. The fourth-order valence-electron chi connectivity index (χ4n) is 4.42. The molecule has 0 fully saturated rings. The van der Waals surface area contributed by atoms with Gasteiger partial charge < -0.3 is 10.4 Å². The number of aliphatic hydroxyl groups is 1. The van der Waals surface area contributed by atoms with E-state index in [4.69, 9.17) is 0 Å². The van der Waals surface area contributed by atoms with E-state index in [0.717, 1.165) is 13.0 Å². The van der Waals surface area contributed by atoms with Gasteiger partial charge in [-0.1, -0.05) is 76.9 Å². The Morgan fingerprint density at radius 1 is 0.857 bits per heavy atom. The molecule has 0 amide bonds. The highest BCUT2D eigenvalue weighted by molar-refractivity contribution is 4.84. The van der Waals surface area contributed by atoms with Crippen LogP contribution in [0.4, 0.5) is 0 Å². The Labute approximate surface area is 175 Å². The largest absolute Gasteiger partial charge is 0.345 e. The number of hydrogen-bond acceptors (Lipinski definition) is 2. The molecule has 3 unspecified atom stereocenters. The molecule has 0 aromatic heterocycles. The minimum Gasteiger partial charge on any atom is -0.345 e. The zero-order chi connectivity index (χ0) is 20.5. The maximum absolute atomic E-state index is 10.2. The quantitative estimate of drug-likeness (QED) is 0.149. The van der Waals surface area contributed by atoms with Gasteiger partial charge in [-0.25, -0.2) is 0 Å². The first-order valence-corrected chi connectivity index (χ1v) is 12.3. The van der Waals surface area contributed by atoms with Crippen LogP contribution in [-0.2, 0) is 0 Å². The Morgan fingerprint density at radius 2 is 1.39 bits per heavy atom. The van der Waals surface area contributed by atoms with E-state index < -0.39 is 0 Å². The van der Waals surface area contributed by atoms with E-state index in [9.17, 15) is 5.11 Å². The number of nitrogens with one attached hydrogen (secondary N) is 1. The molecule has 1 rings (SSSR count). The van der Waals surface area contributed by atoms with Crippen molar-refractivity contribution >= 4 is 0 Å². The summed E-state index contributed by atoms with van der Waals surface area (Å²) in [5, 5.41) is 13.6. The predicted octanol–water partition coefficient (Wildman–Crippen LogP) is 6.99. The van der Waals surface area contributed by atoms with E-state index in [1.54, 1.807) is 0 Å². The number of quaternary nitrogens is 1. The van der Waals surface area contributed by atoms with Crippen LogP contribution in [0.1, 0.15) is 117 Å².